The first-order valence-corrected chi connectivity index (χ1v) is 9.93. The minimum Gasteiger partial charge on any atom is -0.392 e. The van der Waals surface area contributed by atoms with E-state index < -0.39 is 6.10 Å². The van der Waals surface area contributed by atoms with Crippen molar-refractivity contribution in [2.75, 3.05) is 39.3 Å². The van der Waals surface area contributed by atoms with Gasteiger partial charge in [-0.2, -0.15) is 0 Å². The van der Waals surface area contributed by atoms with Gasteiger partial charge in [0, 0.05) is 51.3 Å². The number of nitrogens with one attached hydrogen (secondary N) is 1. The van der Waals surface area contributed by atoms with Gasteiger partial charge in [-0.15, -0.1) is 11.3 Å². The molecule has 8 heteroatoms. The molecule has 3 atom stereocenters. The molecule has 0 saturated carbocycles. The Morgan fingerprint density at radius 2 is 2.24 bits per heavy atom. The molecule has 2 aliphatic rings. The summed E-state index contributed by atoms with van der Waals surface area (Å²) < 4.78 is 5.59. The normalized spacial score (nSPS) is 26.1. The van der Waals surface area contributed by atoms with Crippen molar-refractivity contribution in [1.82, 2.24) is 20.1 Å². The van der Waals surface area contributed by atoms with E-state index >= 15 is 0 Å². The molecule has 2 saturated heterocycles. The van der Waals surface area contributed by atoms with Crippen LogP contribution in [0.15, 0.2) is 5.38 Å². The Morgan fingerprint density at radius 1 is 1.48 bits per heavy atom. The fraction of sp³-hybridized carbons (Fsp3) is 0.765. The molecule has 0 aromatic carbocycles. The largest absolute Gasteiger partial charge is 0.392 e. The van der Waals surface area contributed by atoms with Gasteiger partial charge in [0.15, 0.2) is 0 Å². The third kappa shape index (κ3) is 4.77. The maximum Gasteiger partial charge on any atom is 0.239 e. The van der Waals surface area contributed by atoms with Gasteiger partial charge in [-0.05, 0) is 20.3 Å². The minimum absolute atomic E-state index is 0.0486. The molecule has 0 spiro atoms. The molecule has 7 nitrogen and oxygen atoms in total. The lowest BCUT2D eigenvalue weighted by atomic mass is 10.1. The molecule has 0 aliphatic carbocycles. The van der Waals surface area contributed by atoms with Gasteiger partial charge < -0.3 is 20.1 Å². The summed E-state index contributed by atoms with van der Waals surface area (Å²) in [6.07, 6.45) is 0.180. The van der Waals surface area contributed by atoms with Crippen LogP contribution in [-0.2, 0) is 16.1 Å². The highest BCUT2D eigenvalue weighted by Gasteiger charge is 2.32. The number of rotatable bonds is 6. The minimum atomic E-state index is -0.395. The van der Waals surface area contributed by atoms with Gasteiger partial charge in [-0.25, -0.2) is 4.98 Å². The predicted molar refractivity (Wildman–Crippen MR) is 96.4 cm³/mol. The lowest BCUT2D eigenvalue weighted by Crippen LogP contribution is -2.52. The molecule has 2 N–H and O–H groups in total. The van der Waals surface area contributed by atoms with Crippen LogP contribution in [0.1, 0.15) is 37.1 Å². The Kier molecular flexibility index (Phi) is 6.40. The van der Waals surface area contributed by atoms with Crippen LogP contribution < -0.4 is 5.32 Å². The summed E-state index contributed by atoms with van der Waals surface area (Å²) in [4.78, 5) is 21.4. The van der Waals surface area contributed by atoms with Crippen molar-refractivity contribution in [3.8, 4) is 0 Å². The van der Waals surface area contributed by atoms with Gasteiger partial charge in [-0.3, -0.25) is 9.69 Å². The van der Waals surface area contributed by atoms with E-state index in [0.29, 0.717) is 19.6 Å². The van der Waals surface area contributed by atoms with E-state index in [1.165, 1.54) is 0 Å². The Balaban J connectivity index is 1.45. The first-order chi connectivity index (χ1) is 12.1. The van der Waals surface area contributed by atoms with Crippen molar-refractivity contribution in [3.05, 3.63) is 16.1 Å². The van der Waals surface area contributed by atoms with Crippen molar-refractivity contribution >= 4 is 17.2 Å². The summed E-state index contributed by atoms with van der Waals surface area (Å²) in [7, 11) is 0. The number of aromatic nitrogens is 1. The van der Waals surface area contributed by atoms with Crippen molar-refractivity contribution in [2.45, 2.75) is 45.1 Å². The van der Waals surface area contributed by atoms with Gasteiger partial charge in [0.05, 0.1) is 17.8 Å². The Bertz CT molecular complexity index is 574. The van der Waals surface area contributed by atoms with Gasteiger partial charge in [0.2, 0.25) is 5.91 Å². The summed E-state index contributed by atoms with van der Waals surface area (Å²) in [5, 5.41) is 15.8. The smallest absolute Gasteiger partial charge is 0.239 e. The Hall–Kier alpha value is -1.06. The average Bonchev–Trinajstić information content (AvgIpc) is 3.24. The number of carbonyl (C=O) groups excluding carboxylic acids is 1. The SMILES string of the molecule is CCO[C@H](C)c1nc(CN2CCN(C(=O)[C@@H]3C[C@H](O)CN3)CC2)cs1. The van der Waals surface area contributed by atoms with Crippen molar-refractivity contribution in [2.24, 2.45) is 0 Å². The molecule has 25 heavy (non-hydrogen) atoms. The van der Waals surface area contributed by atoms with Gasteiger partial charge >= 0.3 is 0 Å². The maximum atomic E-state index is 12.5. The zero-order valence-corrected chi connectivity index (χ0v) is 15.8. The zero-order valence-electron chi connectivity index (χ0n) is 15.0. The quantitative estimate of drug-likeness (QED) is 0.766. The van der Waals surface area contributed by atoms with Crippen molar-refractivity contribution < 1.29 is 14.6 Å². The highest BCUT2D eigenvalue weighted by Crippen LogP contribution is 2.22. The van der Waals surface area contributed by atoms with E-state index in [1.54, 1.807) is 11.3 Å². The zero-order chi connectivity index (χ0) is 17.8. The lowest BCUT2D eigenvalue weighted by Gasteiger charge is -2.35. The van der Waals surface area contributed by atoms with E-state index in [4.69, 9.17) is 4.74 Å². The highest BCUT2D eigenvalue weighted by atomic mass is 32.1. The van der Waals surface area contributed by atoms with Crippen LogP contribution in [0.25, 0.3) is 0 Å². The summed E-state index contributed by atoms with van der Waals surface area (Å²) in [5.74, 6) is 0.123. The molecule has 1 aromatic heterocycles. The molecule has 3 rings (SSSR count). The number of thiazole rings is 1. The van der Waals surface area contributed by atoms with Crippen LogP contribution >= 0.6 is 11.3 Å². The van der Waals surface area contributed by atoms with Gasteiger partial charge in [0.25, 0.3) is 0 Å². The number of carbonyl (C=O) groups is 1. The number of ether oxygens (including phenoxy) is 1. The third-order valence-electron chi connectivity index (χ3n) is 4.81. The average molecular weight is 369 g/mol. The Labute approximate surface area is 153 Å². The maximum absolute atomic E-state index is 12.5. The fourth-order valence-corrected chi connectivity index (χ4v) is 4.20. The number of aliphatic hydroxyl groups excluding tert-OH is 1. The third-order valence-corrected chi connectivity index (χ3v) is 5.86. The molecule has 2 fully saturated rings. The standard InChI is InChI=1S/C17H28N4O3S/c1-3-24-12(2)16-19-13(11-25-16)10-20-4-6-21(7-5-20)17(23)15-8-14(22)9-18-15/h11-12,14-15,18,22H,3-10H2,1-2H3/t12-,14+,15+/m1/s1. The monoisotopic (exact) mass is 368 g/mol. The molecule has 0 radical (unpaired) electrons. The molecule has 1 aromatic rings. The molecule has 3 heterocycles. The van der Waals surface area contributed by atoms with Crippen LogP contribution in [0.3, 0.4) is 0 Å². The predicted octanol–water partition coefficient (Wildman–Crippen LogP) is 0.608. The van der Waals surface area contributed by atoms with Gasteiger partial charge in [0.1, 0.15) is 11.1 Å². The summed E-state index contributed by atoms with van der Waals surface area (Å²) in [6, 6.07) is -0.220. The van der Waals surface area contributed by atoms with Crippen LogP contribution in [0.4, 0.5) is 0 Å². The molecule has 2 aliphatic heterocycles. The molecule has 140 valence electrons. The summed E-state index contributed by atoms with van der Waals surface area (Å²) in [5.41, 5.74) is 1.08. The first kappa shape index (κ1) is 18.7. The van der Waals surface area contributed by atoms with Crippen molar-refractivity contribution in [1.29, 1.82) is 0 Å². The lowest BCUT2D eigenvalue weighted by molar-refractivity contribution is -0.135. The first-order valence-electron chi connectivity index (χ1n) is 9.05. The number of piperazine rings is 1. The second-order valence-electron chi connectivity index (χ2n) is 6.73. The molecule has 0 unspecified atom stereocenters. The van der Waals surface area contributed by atoms with Gasteiger partial charge in [-0.1, -0.05) is 0 Å². The Morgan fingerprint density at radius 3 is 2.88 bits per heavy atom. The fourth-order valence-electron chi connectivity index (χ4n) is 3.38. The van der Waals surface area contributed by atoms with Crippen LogP contribution in [0.2, 0.25) is 0 Å². The van der Waals surface area contributed by atoms with E-state index in [0.717, 1.165) is 43.4 Å². The molecule has 1 amide bonds. The van der Waals surface area contributed by atoms with E-state index in [2.05, 4.69) is 20.6 Å². The number of hydrogen-bond acceptors (Lipinski definition) is 7. The van der Waals surface area contributed by atoms with Crippen LogP contribution in [0, 0.1) is 0 Å². The number of aliphatic hydroxyl groups is 1. The second-order valence-corrected chi connectivity index (χ2v) is 7.62. The number of nitrogens with zero attached hydrogens (tertiary/aromatic N) is 3. The summed E-state index contributed by atoms with van der Waals surface area (Å²) in [6.45, 7) is 9.24. The van der Waals surface area contributed by atoms with Crippen LogP contribution in [0.5, 0.6) is 0 Å². The van der Waals surface area contributed by atoms with E-state index in [9.17, 15) is 9.90 Å². The number of hydrogen-bond donors (Lipinski definition) is 2. The number of amides is 1. The molecule has 0 bridgehead atoms. The number of β-amino-alcohol motifs (C(OH)–C–C–N with tert-alkyl or cyclic N) is 1. The van der Waals surface area contributed by atoms with E-state index in [1.807, 2.05) is 18.7 Å². The van der Waals surface area contributed by atoms with Crippen LogP contribution in [-0.4, -0.2) is 77.3 Å². The molecular weight excluding hydrogens is 340 g/mol. The van der Waals surface area contributed by atoms with E-state index in [-0.39, 0.29) is 18.1 Å². The molecular formula is C17H28N4O3S. The second kappa shape index (κ2) is 8.55. The summed E-state index contributed by atoms with van der Waals surface area (Å²) >= 11 is 1.65. The highest BCUT2D eigenvalue weighted by molar-refractivity contribution is 7.09. The topological polar surface area (TPSA) is 77.9 Å². The van der Waals surface area contributed by atoms with Crippen molar-refractivity contribution in [3.63, 3.8) is 0 Å².